The van der Waals surface area contributed by atoms with Gasteiger partial charge in [0.05, 0.1) is 0 Å². The van der Waals surface area contributed by atoms with Crippen LogP contribution in [0.15, 0.2) is 0 Å². The van der Waals surface area contributed by atoms with Crippen LogP contribution in [0.2, 0.25) is 0 Å². The van der Waals surface area contributed by atoms with Crippen molar-refractivity contribution in [2.75, 3.05) is 0 Å². The Bertz CT molecular complexity index is 30.6. The fourth-order valence-corrected chi connectivity index (χ4v) is 0. The van der Waals surface area contributed by atoms with E-state index in [4.69, 9.17) is 9.13 Å². The molecule has 0 aliphatic heterocycles. The second-order valence-corrected chi connectivity index (χ2v) is 0.250. The molecule has 0 spiro atoms. The summed E-state index contributed by atoms with van der Waals surface area (Å²) in [5.41, 5.74) is 0. The van der Waals surface area contributed by atoms with E-state index in [2.05, 4.69) is 0 Å². The first-order chi connectivity index (χ1) is 1.41. The first kappa shape index (κ1) is 15.8. The average Bonchev–Trinajstić information content (AvgIpc) is 0.918. The molecule has 5 heavy (non-hydrogen) atoms. The van der Waals surface area contributed by atoms with Crippen LogP contribution < -0.4 is 0 Å². The van der Waals surface area contributed by atoms with Crippen molar-refractivity contribution in [1.82, 2.24) is 0 Å². The molecule has 0 unspecified atom stereocenters. The van der Waals surface area contributed by atoms with E-state index in [1.807, 2.05) is 0 Å². The van der Waals surface area contributed by atoms with Gasteiger partial charge < -0.3 is 0 Å². The minimum atomic E-state index is -1.42. The molecule has 0 bridgehead atoms. The summed E-state index contributed by atoms with van der Waals surface area (Å²) >= 11 is 0. The normalized spacial score (nSPS) is 2.40. The molecular weight excluding hydrogens is 230 g/mol. The van der Waals surface area contributed by atoms with E-state index in [1.165, 1.54) is 0 Å². The van der Waals surface area contributed by atoms with Crippen LogP contribution in [0.5, 0.6) is 0 Å². The Morgan fingerprint density at radius 3 is 1.20 bits per heavy atom. The Hall–Kier alpha value is 1.81. The predicted octanol–water partition coefficient (Wildman–Crippen LogP) is -0.560. The van der Waals surface area contributed by atoms with Gasteiger partial charge in [-0.05, 0) is 0 Å². The molecule has 27 valence electrons. The molecule has 0 amide bonds. The van der Waals surface area contributed by atoms with Gasteiger partial charge in [-0.3, -0.25) is 0 Å². The first-order valence-electron chi connectivity index (χ1n) is 0.408. The molecular formula is H3AlCeO2P. The van der Waals surface area contributed by atoms with E-state index in [0.717, 1.165) is 0 Å². The van der Waals surface area contributed by atoms with Crippen molar-refractivity contribution in [3.63, 3.8) is 0 Å². The van der Waals surface area contributed by atoms with E-state index < -0.39 is 8.34 Å². The predicted molar refractivity (Wildman–Crippen MR) is 18.2 cm³/mol. The molecule has 0 saturated heterocycles. The van der Waals surface area contributed by atoms with Crippen LogP contribution >= 0.6 is 8.34 Å². The first-order valence-corrected chi connectivity index (χ1v) is 1.22. The van der Waals surface area contributed by atoms with Crippen molar-refractivity contribution in [3.05, 3.63) is 0 Å². The van der Waals surface area contributed by atoms with Gasteiger partial charge in [-0.15, -0.1) is 0 Å². The molecule has 0 rings (SSSR count). The molecule has 0 aliphatic carbocycles. The van der Waals surface area contributed by atoms with E-state index in [1.54, 1.807) is 0 Å². The van der Waals surface area contributed by atoms with Crippen LogP contribution in [0.1, 0.15) is 0 Å². The summed E-state index contributed by atoms with van der Waals surface area (Å²) in [5, 5.41) is 0. The van der Waals surface area contributed by atoms with Crippen molar-refractivity contribution in [1.29, 1.82) is 0 Å². The molecule has 0 aromatic carbocycles. The fraction of sp³-hybridized carbons (Fsp3) is 0. The summed E-state index contributed by atoms with van der Waals surface area (Å²) in [7, 11) is -1.42. The fourth-order valence-electron chi connectivity index (χ4n) is 0. The molecule has 0 N–H and O–H groups in total. The monoisotopic (exact) mass is 233 g/mol. The third-order valence-electron chi connectivity index (χ3n) is 0. The second kappa shape index (κ2) is 17.0. The van der Waals surface area contributed by atoms with Crippen LogP contribution in [-0.2, 0) is 9.13 Å². The number of hydrogen-bond acceptors (Lipinski definition) is 2. The van der Waals surface area contributed by atoms with Crippen molar-refractivity contribution in [3.8, 4) is 0 Å². The molecule has 2 nitrogen and oxygen atoms in total. The van der Waals surface area contributed by atoms with Gasteiger partial charge in [0.1, 0.15) is 17.4 Å². The zero-order valence-electron chi connectivity index (χ0n) is 2.82. The molecule has 5 heteroatoms. The summed E-state index contributed by atoms with van der Waals surface area (Å²) in [6.45, 7) is 0. The Morgan fingerprint density at radius 2 is 1.20 bits per heavy atom. The zero-order chi connectivity index (χ0) is 2.71. The van der Waals surface area contributed by atoms with Crippen LogP contribution in [0, 0.1) is 41.7 Å². The van der Waals surface area contributed by atoms with Crippen LogP contribution in [0.4, 0.5) is 0 Å². The molecule has 0 aromatic rings. The minimum absolute atomic E-state index is 0. The van der Waals surface area contributed by atoms with E-state index in [0.29, 0.717) is 0 Å². The van der Waals surface area contributed by atoms with Gasteiger partial charge in [-0.2, -0.15) is 0 Å². The Kier molecular flexibility index (Phi) is 53.9. The maximum atomic E-state index is 8.40. The van der Waals surface area contributed by atoms with Gasteiger partial charge in [0, 0.05) is 41.7 Å². The molecule has 1 radical (unpaired) electrons. The summed E-state index contributed by atoms with van der Waals surface area (Å²) in [6.07, 6.45) is 0. The van der Waals surface area contributed by atoms with Crippen molar-refractivity contribution < 1.29 is 50.9 Å². The van der Waals surface area contributed by atoms with E-state index >= 15 is 0 Å². The summed E-state index contributed by atoms with van der Waals surface area (Å²) in [5.74, 6) is 0. The number of rotatable bonds is 0. The third kappa shape index (κ3) is 25.8. The van der Waals surface area contributed by atoms with Crippen LogP contribution in [0.3, 0.4) is 0 Å². The van der Waals surface area contributed by atoms with Crippen molar-refractivity contribution in [2.24, 2.45) is 0 Å². The third-order valence-corrected chi connectivity index (χ3v) is 0. The SMILES string of the molecule is O=[PH]=O.[AlH2].[Ce]. The average molecular weight is 233 g/mol. The molecule has 0 fully saturated rings. The second-order valence-electron chi connectivity index (χ2n) is 0.0833. The number of hydrogen-bond donors (Lipinski definition) is 0. The molecule has 0 heterocycles. The Labute approximate surface area is 75.5 Å². The summed E-state index contributed by atoms with van der Waals surface area (Å²) in [4.78, 5) is 0. The van der Waals surface area contributed by atoms with E-state index in [9.17, 15) is 0 Å². The van der Waals surface area contributed by atoms with Crippen LogP contribution in [-0.4, -0.2) is 17.4 Å². The van der Waals surface area contributed by atoms with Gasteiger partial charge in [-0.1, -0.05) is 0 Å². The Morgan fingerprint density at radius 1 is 1.20 bits per heavy atom. The van der Waals surface area contributed by atoms with Crippen molar-refractivity contribution >= 4 is 25.7 Å². The van der Waals surface area contributed by atoms with Crippen LogP contribution in [0.25, 0.3) is 0 Å². The van der Waals surface area contributed by atoms with Crippen molar-refractivity contribution in [2.45, 2.75) is 0 Å². The molecule has 0 atom stereocenters. The quantitative estimate of drug-likeness (QED) is 0.415. The van der Waals surface area contributed by atoms with Gasteiger partial charge in [0.25, 0.3) is 0 Å². The maximum Gasteiger partial charge on any atom is 0.303 e. The van der Waals surface area contributed by atoms with Gasteiger partial charge in [0.2, 0.25) is 0 Å². The topological polar surface area (TPSA) is 34.1 Å². The van der Waals surface area contributed by atoms with Gasteiger partial charge in [0.15, 0.2) is 0 Å². The standard InChI is InChI=1S/Al.Ce.HO2P.2H/c;;1-3-2;;/h;;3H;;. The maximum absolute atomic E-state index is 8.40. The Balaban J connectivity index is -0.0000000200. The summed E-state index contributed by atoms with van der Waals surface area (Å²) < 4.78 is 16.8. The smallest absolute Gasteiger partial charge is 0.241 e. The molecule has 0 aromatic heterocycles. The molecule has 0 saturated carbocycles. The van der Waals surface area contributed by atoms with Gasteiger partial charge in [-0.25, -0.2) is 9.13 Å². The molecule has 0 aliphatic rings. The van der Waals surface area contributed by atoms with E-state index in [-0.39, 0.29) is 59.1 Å². The zero-order valence-corrected chi connectivity index (χ0v) is 8.96. The summed E-state index contributed by atoms with van der Waals surface area (Å²) in [6, 6.07) is 0. The van der Waals surface area contributed by atoms with Gasteiger partial charge >= 0.3 is 8.34 Å². The largest absolute Gasteiger partial charge is 0.303 e. The minimum Gasteiger partial charge on any atom is -0.241 e.